The Morgan fingerprint density at radius 1 is 1.06 bits per heavy atom. The van der Waals surface area contributed by atoms with Gasteiger partial charge in [0.15, 0.2) is 17.0 Å². The van der Waals surface area contributed by atoms with E-state index >= 15 is 0 Å². The van der Waals surface area contributed by atoms with Gasteiger partial charge in [0.25, 0.3) is 11.1 Å². The summed E-state index contributed by atoms with van der Waals surface area (Å²) in [6.07, 6.45) is 5.37. The normalized spacial score (nSPS) is 22.9. The van der Waals surface area contributed by atoms with E-state index in [1.54, 1.807) is 20.2 Å². The van der Waals surface area contributed by atoms with Crippen LogP contribution in [0.4, 0.5) is 14.6 Å². The van der Waals surface area contributed by atoms with Crippen molar-refractivity contribution < 1.29 is 13.5 Å². The Hall–Kier alpha value is -3.15. The van der Waals surface area contributed by atoms with E-state index in [1.807, 2.05) is 15.8 Å². The predicted molar refractivity (Wildman–Crippen MR) is 128 cm³/mol. The highest BCUT2D eigenvalue weighted by molar-refractivity contribution is 5.71. The highest BCUT2D eigenvalue weighted by atomic mass is 19.3. The molecule has 2 saturated carbocycles. The van der Waals surface area contributed by atoms with Gasteiger partial charge in [0.1, 0.15) is 11.9 Å². The van der Waals surface area contributed by atoms with E-state index in [1.165, 1.54) is 9.13 Å². The van der Waals surface area contributed by atoms with E-state index in [0.29, 0.717) is 31.6 Å². The van der Waals surface area contributed by atoms with Crippen molar-refractivity contribution in [3.63, 3.8) is 0 Å². The van der Waals surface area contributed by atoms with Crippen LogP contribution in [0, 0.1) is 6.92 Å². The fraction of sp³-hybridized carbons (Fsp3) is 0.625. The summed E-state index contributed by atoms with van der Waals surface area (Å²) in [5.74, 6) is -2.19. The molecule has 0 amide bonds. The molecule has 6 rings (SSSR count). The molecule has 0 unspecified atom stereocenters. The second-order valence-electron chi connectivity index (χ2n) is 10.2. The molecule has 36 heavy (non-hydrogen) atoms. The molecular formula is C24H29F2N7O3. The molecule has 0 N–H and O–H groups in total. The van der Waals surface area contributed by atoms with Gasteiger partial charge in [-0.25, -0.2) is 18.7 Å². The molecular weight excluding hydrogens is 472 g/mol. The van der Waals surface area contributed by atoms with Crippen LogP contribution in [0.25, 0.3) is 11.2 Å². The summed E-state index contributed by atoms with van der Waals surface area (Å²) in [5, 5.41) is 4.45. The maximum absolute atomic E-state index is 13.9. The third-order valence-electron chi connectivity index (χ3n) is 7.66. The van der Waals surface area contributed by atoms with Gasteiger partial charge >= 0.3 is 0 Å². The lowest BCUT2D eigenvalue weighted by Crippen LogP contribution is -2.44. The number of halogens is 2. The van der Waals surface area contributed by atoms with Gasteiger partial charge in [0.2, 0.25) is 5.92 Å². The molecule has 0 radical (unpaired) electrons. The van der Waals surface area contributed by atoms with Crippen molar-refractivity contribution in [2.75, 3.05) is 24.6 Å². The summed E-state index contributed by atoms with van der Waals surface area (Å²) in [6.45, 7) is 2.83. The molecule has 2 aliphatic carbocycles. The third kappa shape index (κ3) is 4.00. The topological polar surface area (TPSA) is 100 Å². The number of rotatable bonds is 4. The Morgan fingerprint density at radius 3 is 2.53 bits per heavy atom. The summed E-state index contributed by atoms with van der Waals surface area (Å²) in [4.78, 5) is 37.9. The van der Waals surface area contributed by atoms with Gasteiger partial charge in [0, 0.05) is 44.2 Å². The minimum Gasteiger partial charge on any atom is -0.370 e. The standard InChI is InChI=1S/C24H29F2N7O3/c1-14-28-20-19(22(34)30(14)2)29-21(23(35)33(20)17-5-7-24(25,26)8-6-17)31-9-10-36-18(13-31)15-11-27-32(12-15)16-3-4-16/h11-12,16-18H,3-10,13H2,1-2H3/t18-/m0/s1. The first-order valence-corrected chi connectivity index (χ1v) is 12.5. The Labute approximate surface area is 205 Å². The molecule has 1 atom stereocenters. The van der Waals surface area contributed by atoms with Gasteiger partial charge in [-0.15, -0.1) is 0 Å². The zero-order valence-electron chi connectivity index (χ0n) is 20.4. The molecule has 10 nitrogen and oxygen atoms in total. The van der Waals surface area contributed by atoms with E-state index in [9.17, 15) is 18.4 Å². The van der Waals surface area contributed by atoms with Crippen LogP contribution in [0.3, 0.4) is 0 Å². The molecule has 0 bridgehead atoms. The maximum Gasteiger partial charge on any atom is 0.295 e. The molecule has 1 saturated heterocycles. The molecule has 192 valence electrons. The summed E-state index contributed by atoms with van der Waals surface area (Å²) in [7, 11) is 1.60. The number of hydrogen-bond acceptors (Lipinski definition) is 7. The third-order valence-corrected chi connectivity index (χ3v) is 7.66. The van der Waals surface area contributed by atoms with Crippen molar-refractivity contribution in [1.82, 2.24) is 28.9 Å². The van der Waals surface area contributed by atoms with Crippen molar-refractivity contribution in [3.05, 3.63) is 44.5 Å². The van der Waals surface area contributed by atoms with Crippen LogP contribution in [0.1, 0.15) is 68.1 Å². The number of morpholine rings is 1. The van der Waals surface area contributed by atoms with E-state index in [4.69, 9.17) is 4.74 Å². The number of aryl methyl sites for hydroxylation is 1. The van der Waals surface area contributed by atoms with Crippen LogP contribution in [0.2, 0.25) is 0 Å². The van der Waals surface area contributed by atoms with E-state index < -0.39 is 17.5 Å². The van der Waals surface area contributed by atoms with Crippen LogP contribution in [-0.4, -0.2) is 54.5 Å². The van der Waals surface area contributed by atoms with Gasteiger partial charge in [-0.2, -0.15) is 5.10 Å². The molecule has 1 aliphatic heterocycles. The highest BCUT2D eigenvalue weighted by Gasteiger charge is 2.38. The molecule has 0 aromatic carbocycles. The first-order chi connectivity index (χ1) is 17.2. The largest absolute Gasteiger partial charge is 0.370 e. The molecule has 3 aromatic heterocycles. The zero-order chi connectivity index (χ0) is 25.2. The number of anilines is 1. The smallest absolute Gasteiger partial charge is 0.295 e. The lowest BCUT2D eigenvalue weighted by atomic mass is 9.92. The van der Waals surface area contributed by atoms with Crippen LogP contribution >= 0.6 is 0 Å². The SMILES string of the molecule is Cc1nc2c(nc(N3CCO[C@H](c4cnn(C5CC5)c4)C3)c(=O)n2C2CCC(F)(F)CC2)c(=O)n1C. The van der Waals surface area contributed by atoms with Gasteiger partial charge in [0.05, 0.1) is 25.4 Å². The molecule has 4 heterocycles. The number of hydrogen-bond donors (Lipinski definition) is 0. The summed E-state index contributed by atoms with van der Waals surface area (Å²) in [5.41, 5.74) is 0.376. The van der Waals surface area contributed by atoms with Gasteiger partial charge in [-0.1, -0.05) is 0 Å². The molecule has 0 spiro atoms. The van der Waals surface area contributed by atoms with Crippen molar-refractivity contribution >= 4 is 17.0 Å². The van der Waals surface area contributed by atoms with E-state index in [-0.39, 0.29) is 54.3 Å². The Bertz CT molecular complexity index is 1430. The van der Waals surface area contributed by atoms with Crippen LogP contribution in [0.5, 0.6) is 0 Å². The predicted octanol–water partition coefficient (Wildman–Crippen LogP) is 2.66. The number of ether oxygens (including phenoxy) is 1. The second-order valence-corrected chi connectivity index (χ2v) is 10.2. The average Bonchev–Trinajstić information content (AvgIpc) is 3.59. The molecule has 3 fully saturated rings. The van der Waals surface area contributed by atoms with Gasteiger partial charge in [-0.3, -0.25) is 23.4 Å². The lowest BCUT2D eigenvalue weighted by Gasteiger charge is -2.34. The number of alkyl halides is 2. The molecule has 12 heteroatoms. The molecule has 3 aliphatic rings. The highest BCUT2D eigenvalue weighted by Crippen LogP contribution is 2.39. The van der Waals surface area contributed by atoms with Crippen LogP contribution in [-0.2, 0) is 11.8 Å². The molecule has 3 aromatic rings. The van der Waals surface area contributed by atoms with Crippen molar-refractivity contribution in [1.29, 1.82) is 0 Å². The monoisotopic (exact) mass is 501 g/mol. The zero-order valence-corrected chi connectivity index (χ0v) is 20.4. The summed E-state index contributed by atoms with van der Waals surface area (Å²) >= 11 is 0. The number of fused-ring (bicyclic) bond motifs is 1. The van der Waals surface area contributed by atoms with E-state index in [2.05, 4.69) is 15.1 Å². The fourth-order valence-electron chi connectivity index (χ4n) is 5.24. The number of nitrogens with zero attached hydrogens (tertiary/aromatic N) is 7. The average molecular weight is 502 g/mol. The first-order valence-electron chi connectivity index (χ1n) is 12.5. The summed E-state index contributed by atoms with van der Waals surface area (Å²) < 4.78 is 38.6. The van der Waals surface area contributed by atoms with Crippen molar-refractivity contribution in [2.45, 2.75) is 69.6 Å². The van der Waals surface area contributed by atoms with Crippen LogP contribution in [0.15, 0.2) is 22.0 Å². The quantitative estimate of drug-likeness (QED) is 0.542. The van der Waals surface area contributed by atoms with Gasteiger partial charge in [-0.05, 0) is 32.6 Å². The number of aromatic nitrogens is 6. The summed E-state index contributed by atoms with van der Waals surface area (Å²) in [6, 6.07) is -0.0307. The van der Waals surface area contributed by atoms with E-state index in [0.717, 1.165) is 18.4 Å². The lowest BCUT2D eigenvalue weighted by molar-refractivity contribution is -0.0439. The van der Waals surface area contributed by atoms with Gasteiger partial charge < -0.3 is 9.64 Å². The Kier molecular flexibility index (Phi) is 5.47. The maximum atomic E-state index is 13.9. The minimum atomic E-state index is -2.74. The van der Waals surface area contributed by atoms with Crippen molar-refractivity contribution in [3.8, 4) is 0 Å². The Balaban J connectivity index is 1.42. The first kappa shape index (κ1) is 23.3. The second kappa shape index (κ2) is 8.46. The Morgan fingerprint density at radius 2 is 1.81 bits per heavy atom. The van der Waals surface area contributed by atoms with Crippen LogP contribution < -0.4 is 16.0 Å². The minimum absolute atomic E-state index is 0.0691. The fourth-order valence-corrected chi connectivity index (χ4v) is 5.24. The van der Waals surface area contributed by atoms with Crippen molar-refractivity contribution in [2.24, 2.45) is 7.05 Å².